The van der Waals surface area contributed by atoms with E-state index in [9.17, 15) is 0 Å². The Kier molecular flexibility index (Phi) is 5.17. The molecule has 188 valence electrons. The number of furan rings is 1. The average molecular weight is 512 g/mol. The Balaban J connectivity index is 1.20. The molecular formula is C38H25NO. The van der Waals surface area contributed by atoms with Crippen LogP contribution in [0.5, 0.6) is 0 Å². The van der Waals surface area contributed by atoms with E-state index in [1.54, 1.807) is 0 Å². The van der Waals surface area contributed by atoms with Gasteiger partial charge in [-0.05, 0) is 87.3 Å². The van der Waals surface area contributed by atoms with E-state index in [0.717, 1.165) is 44.7 Å². The fourth-order valence-corrected chi connectivity index (χ4v) is 5.87. The Morgan fingerprint density at radius 1 is 0.375 bits per heavy atom. The molecule has 0 aliphatic heterocycles. The highest BCUT2D eigenvalue weighted by Crippen LogP contribution is 2.39. The first-order valence-corrected chi connectivity index (χ1v) is 13.6. The van der Waals surface area contributed by atoms with Crippen molar-refractivity contribution in [1.82, 2.24) is 0 Å². The molecular weight excluding hydrogens is 486 g/mol. The zero-order chi connectivity index (χ0) is 26.5. The lowest BCUT2D eigenvalue weighted by Crippen LogP contribution is -2.09. The summed E-state index contributed by atoms with van der Waals surface area (Å²) >= 11 is 0. The van der Waals surface area contributed by atoms with E-state index in [4.69, 9.17) is 4.42 Å². The molecule has 0 fully saturated rings. The molecule has 1 heterocycles. The quantitative estimate of drug-likeness (QED) is 0.234. The largest absolute Gasteiger partial charge is 0.456 e. The second kappa shape index (κ2) is 9.14. The van der Waals surface area contributed by atoms with Crippen LogP contribution in [-0.2, 0) is 0 Å². The second-order valence-electron chi connectivity index (χ2n) is 10.2. The Labute approximate surface area is 232 Å². The first-order chi connectivity index (χ1) is 19.8. The number of nitrogens with zero attached hydrogens (tertiary/aromatic N) is 1. The van der Waals surface area contributed by atoms with Crippen LogP contribution < -0.4 is 4.90 Å². The highest BCUT2D eigenvalue weighted by Gasteiger charge is 2.14. The smallest absolute Gasteiger partial charge is 0.136 e. The maximum absolute atomic E-state index is 6.33. The monoisotopic (exact) mass is 511 g/mol. The van der Waals surface area contributed by atoms with Crippen molar-refractivity contribution in [2.24, 2.45) is 0 Å². The van der Waals surface area contributed by atoms with Gasteiger partial charge in [-0.25, -0.2) is 0 Å². The van der Waals surface area contributed by atoms with Crippen molar-refractivity contribution in [3.05, 3.63) is 152 Å². The van der Waals surface area contributed by atoms with Gasteiger partial charge in [-0.2, -0.15) is 0 Å². The lowest BCUT2D eigenvalue weighted by atomic mass is 10.0. The van der Waals surface area contributed by atoms with Crippen LogP contribution in [0.3, 0.4) is 0 Å². The lowest BCUT2D eigenvalue weighted by molar-refractivity contribution is 0.669. The molecule has 8 aromatic rings. The van der Waals surface area contributed by atoms with Crippen molar-refractivity contribution in [1.29, 1.82) is 0 Å². The van der Waals surface area contributed by atoms with Gasteiger partial charge in [0.15, 0.2) is 0 Å². The molecule has 0 amide bonds. The molecule has 0 spiro atoms. The Morgan fingerprint density at radius 3 is 1.88 bits per heavy atom. The van der Waals surface area contributed by atoms with Crippen molar-refractivity contribution < 1.29 is 4.42 Å². The molecule has 0 N–H and O–H groups in total. The summed E-state index contributed by atoms with van der Waals surface area (Å²) < 4.78 is 6.33. The molecule has 0 saturated carbocycles. The summed E-state index contributed by atoms with van der Waals surface area (Å²) in [4.78, 5) is 2.31. The van der Waals surface area contributed by atoms with Crippen LogP contribution in [0, 0.1) is 0 Å². The van der Waals surface area contributed by atoms with Gasteiger partial charge in [0.1, 0.15) is 11.2 Å². The predicted molar refractivity (Wildman–Crippen MR) is 169 cm³/mol. The van der Waals surface area contributed by atoms with Crippen LogP contribution in [0.4, 0.5) is 17.1 Å². The molecule has 1 aromatic heterocycles. The number of anilines is 3. The predicted octanol–water partition coefficient (Wildman–Crippen LogP) is 11.0. The molecule has 0 atom stereocenters. The first-order valence-electron chi connectivity index (χ1n) is 13.6. The third kappa shape index (κ3) is 3.73. The second-order valence-corrected chi connectivity index (χ2v) is 10.2. The van der Waals surface area contributed by atoms with Crippen molar-refractivity contribution in [2.75, 3.05) is 4.90 Å². The highest BCUT2D eigenvalue weighted by molar-refractivity contribution is 6.19. The Bertz CT molecular complexity index is 2160. The van der Waals surface area contributed by atoms with Crippen molar-refractivity contribution in [3.63, 3.8) is 0 Å². The van der Waals surface area contributed by atoms with Crippen LogP contribution in [0.1, 0.15) is 0 Å². The number of rotatable bonds is 4. The van der Waals surface area contributed by atoms with Gasteiger partial charge in [-0.3, -0.25) is 0 Å². The van der Waals surface area contributed by atoms with Gasteiger partial charge in [-0.15, -0.1) is 0 Å². The normalized spacial score (nSPS) is 11.5. The summed E-state index contributed by atoms with van der Waals surface area (Å²) in [5.74, 6) is 0. The molecule has 2 heteroatoms. The number of hydrogen-bond acceptors (Lipinski definition) is 2. The van der Waals surface area contributed by atoms with E-state index in [2.05, 4.69) is 157 Å². The summed E-state index contributed by atoms with van der Waals surface area (Å²) in [5, 5.41) is 7.26. The summed E-state index contributed by atoms with van der Waals surface area (Å²) in [6.07, 6.45) is 0. The van der Waals surface area contributed by atoms with Crippen LogP contribution in [-0.4, -0.2) is 0 Å². The summed E-state index contributed by atoms with van der Waals surface area (Å²) in [6.45, 7) is 0. The standard InChI is InChI=1S/C38H25NO/c1-2-11-31(12-3-1)39(33-21-16-26-8-4-5-10-29(26)24-33)32-19-14-27(15-20-32)30-17-22-35-37(25-30)40-36-23-18-28-9-6-7-13-34(28)38(35)36/h1-25H. The van der Waals surface area contributed by atoms with Crippen LogP contribution in [0.25, 0.3) is 54.6 Å². The fraction of sp³-hybridized carbons (Fsp3) is 0. The average Bonchev–Trinajstić information content (AvgIpc) is 3.40. The molecule has 40 heavy (non-hydrogen) atoms. The molecule has 0 unspecified atom stereocenters. The van der Waals surface area contributed by atoms with Gasteiger partial charge in [0.25, 0.3) is 0 Å². The third-order valence-electron chi connectivity index (χ3n) is 7.83. The van der Waals surface area contributed by atoms with E-state index < -0.39 is 0 Å². The van der Waals surface area contributed by atoms with Crippen molar-refractivity contribution >= 4 is 60.5 Å². The number of fused-ring (bicyclic) bond motifs is 6. The molecule has 0 radical (unpaired) electrons. The van der Waals surface area contributed by atoms with Gasteiger partial charge in [0.2, 0.25) is 0 Å². The Morgan fingerprint density at radius 2 is 1.02 bits per heavy atom. The minimum absolute atomic E-state index is 0.912. The highest BCUT2D eigenvalue weighted by atomic mass is 16.3. The van der Waals surface area contributed by atoms with Crippen LogP contribution >= 0.6 is 0 Å². The van der Waals surface area contributed by atoms with Gasteiger partial charge < -0.3 is 9.32 Å². The van der Waals surface area contributed by atoms with Crippen molar-refractivity contribution in [2.45, 2.75) is 0 Å². The van der Waals surface area contributed by atoms with E-state index in [1.807, 2.05) is 0 Å². The Hall–Kier alpha value is -5.34. The van der Waals surface area contributed by atoms with E-state index in [-0.39, 0.29) is 0 Å². The molecule has 2 nitrogen and oxygen atoms in total. The molecule has 0 saturated heterocycles. The van der Waals surface area contributed by atoms with Gasteiger partial charge in [0.05, 0.1) is 0 Å². The molecule has 0 aliphatic rings. The minimum atomic E-state index is 0.912. The van der Waals surface area contributed by atoms with E-state index in [1.165, 1.54) is 26.9 Å². The van der Waals surface area contributed by atoms with Gasteiger partial charge in [0, 0.05) is 27.8 Å². The molecule has 8 rings (SSSR count). The summed E-state index contributed by atoms with van der Waals surface area (Å²) in [7, 11) is 0. The maximum Gasteiger partial charge on any atom is 0.136 e. The molecule has 0 bridgehead atoms. The zero-order valence-corrected chi connectivity index (χ0v) is 21.8. The number of hydrogen-bond donors (Lipinski definition) is 0. The first kappa shape index (κ1) is 22.6. The van der Waals surface area contributed by atoms with Gasteiger partial charge in [-0.1, -0.05) is 97.1 Å². The topological polar surface area (TPSA) is 16.4 Å². The zero-order valence-electron chi connectivity index (χ0n) is 21.8. The molecule has 7 aromatic carbocycles. The minimum Gasteiger partial charge on any atom is -0.456 e. The number of benzene rings is 7. The SMILES string of the molecule is c1ccc(N(c2ccc(-c3ccc4c(c3)oc3ccc5ccccc5c34)cc2)c2ccc3ccccc3c2)cc1. The summed E-state index contributed by atoms with van der Waals surface area (Å²) in [5.41, 5.74) is 7.50. The van der Waals surface area contributed by atoms with E-state index in [0.29, 0.717) is 0 Å². The third-order valence-corrected chi connectivity index (χ3v) is 7.83. The van der Waals surface area contributed by atoms with Crippen LogP contribution in [0.2, 0.25) is 0 Å². The number of para-hydroxylation sites is 1. The van der Waals surface area contributed by atoms with Crippen molar-refractivity contribution in [3.8, 4) is 11.1 Å². The van der Waals surface area contributed by atoms with E-state index >= 15 is 0 Å². The summed E-state index contributed by atoms with van der Waals surface area (Å²) in [6, 6.07) is 53.8. The fourth-order valence-electron chi connectivity index (χ4n) is 5.87. The maximum atomic E-state index is 6.33. The lowest BCUT2D eigenvalue weighted by Gasteiger charge is -2.26. The van der Waals surface area contributed by atoms with Crippen LogP contribution in [0.15, 0.2) is 156 Å². The molecule has 0 aliphatic carbocycles. The van der Waals surface area contributed by atoms with Gasteiger partial charge >= 0.3 is 0 Å².